The quantitative estimate of drug-likeness (QED) is 0.741. The number of anilines is 1. The second-order valence-electron chi connectivity index (χ2n) is 5.34. The van der Waals surface area contributed by atoms with Crippen molar-refractivity contribution in [1.29, 1.82) is 0 Å². The summed E-state index contributed by atoms with van der Waals surface area (Å²) in [5.41, 5.74) is 2.06. The molecule has 0 fully saturated rings. The molecule has 0 aliphatic heterocycles. The molecule has 0 unspecified atom stereocenters. The number of imidazole rings is 1. The Kier molecular flexibility index (Phi) is 4.24. The van der Waals surface area contributed by atoms with E-state index in [0.717, 1.165) is 29.2 Å². The molecule has 7 heteroatoms. The van der Waals surface area contributed by atoms with Crippen LogP contribution in [0.3, 0.4) is 0 Å². The standard InChI is InChI=1S/C17H14F3N3O/c1-10-13(23-9-3-2-4-14(23)21-10)7-8-15(24)22-12-6-5-11(18)16(19)17(12)20/h2-6,9H,7-8H2,1H3,(H,22,24). The predicted octanol–water partition coefficient (Wildman–Crippen LogP) is 3.63. The Morgan fingerprint density at radius 2 is 1.96 bits per heavy atom. The maximum absolute atomic E-state index is 13.6. The monoisotopic (exact) mass is 333 g/mol. The first-order valence-corrected chi connectivity index (χ1v) is 7.33. The molecule has 3 aromatic rings. The van der Waals surface area contributed by atoms with Crippen molar-refractivity contribution in [1.82, 2.24) is 9.38 Å². The molecule has 0 atom stereocenters. The number of pyridine rings is 1. The molecule has 1 N–H and O–H groups in total. The molecule has 0 radical (unpaired) electrons. The molecule has 4 nitrogen and oxygen atoms in total. The first-order valence-electron chi connectivity index (χ1n) is 7.33. The molecule has 1 aromatic carbocycles. The zero-order chi connectivity index (χ0) is 17.3. The Morgan fingerprint density at radius 3 is 2.75 bits per heavy atom. The first kappa shape index (κ1) is 16.0. The van der Waals surface area contributed by atoms with Gasteiger partial charge in [0, 0.05) is 18.3 Å². The lowest BCUT2D eigenvalue weighted by Gasteiger charge is -2.08. The van der Waals surface area contributed by atoms with Crippen molar-refractivity contribution in [2.45, 2.75) is 19.8 Å². The highest BCUT2D eigenvalue weighted by atomic mass is 19.2. The Labute approximate surface area is 135 Å². The number of benzene rings is 1. The van der Waals surface area contributed by atoms with E-state index in [4.69, 9.17) is 0 Å². The van der Waals surface area contributed by atoms with E-state index >= 15 is 0 Å². The number of nitrogens with one attached hydrogen (secondary N) is 1. The van der Waals surface area contributed by atoms with Gasteiger partial charge in [0.1, 0.15) is 5.65 Å². The maximum Gasteiger partial charge on any atom is 0.224 e. The van der Waals surface area contributed by atoms with Crippen LogP contribution in [-0.2, 0) is 11.2 Å². The van der Waals surface area contributed by atoms with Crippen LogP contribution >= 0.6 is 0 Å². The molecule has 1 amide bonds. The average molecular weight is 333 g/mol. The SMILES string of the molecule is Cc1nc2ccccn2c1CCC(=O)Nc1ccc(F)c(F)c1F. The van der Waals surface area contributed by atoms with Crippen LogP contribution in [0, 0.1) is 24.4 Å². The molecule has 0 saturated carbocycles. The second kappa shape index (κ2) is 6.35. The molecule has 2 heterocycles. The number of aromatic nitrogens is 2. The van der Waals surface area contributed by atoms with Gasteiger partial charge in [-0.05, 0) is 37.6 Å². The lowest BCUT2D eigenvalue weighted by molar-refractivity contribution is -0.116. The fourth-order valence-electron chi connectivity index (χ4n) is 2.53. The van der Waals surface area contributed by atoms with E-state index in [1.807, 2.05) is 35.7 Å². The summed E-state index contributed by atoms with van der Waals surface area (Å²) >= 11 is 0. The second-order valence-corrected chi connectivity index (χ2v) is 5.34. The number of hydrogen-bond acceptors (Lipinski definition) is 2. The zero-order valence-electron chi connectivity index (χ0n) is 12.8. The van der Waals surface area contributed by atoms with Crippen molar-refractivity contribution in [3.8, 4) is 0 Å². The van der Waals surface area contributed by atoms with Gasteiger partial charge < -0.3 is 9.72 Å². The van der Waals surface area contributed by atoms with E-state index in [0.29, 0.717) is 6.42 Å². The highest BCUT2D eigenvalue weighted by Crippen LogP contribution is 2.20. The lowest BCUT2D eigenvalue weighted by atomic mass is 10.2. The summed E-state index contributed by atoms with van der Waals surface area (Å²) in [5.74, 6) is -4.81. The first-order chi connectivity index (χ1) is 11.5. The van der Waals surface area contributed by atoms with Crippen LogP contribution in [0.2, 0.25) is 0 Å². The molecule has 0 bridgehead atoms. The zero-order valence-corrected chi connectivity index (χ0v) is 12.8. The smallest absolute Gasteiger partial charge is 0.224 e. The summed E-state index contributed by atoms with van der Waals surface area (Å²) in [4.78, 5) is 16.4. The minimum atomic E-state index is -1.61. The van der Waals surface area contributed by atoms with E-state index < -0.39 is 23.4 Å². The predicted molar refractivity (Wildman–Crippen MR) is 83.2 cm³/mol. The summed E-state index contributed by atoms with van der Waals surface area (Å²) in [6.07, 6.45) is 2.29. The molecule has 2 aromatic heterocycles. The third-order valence-corrected chi connectivity index (χ3v) is 3.73. The summed E-state index contributed by atoms with van der Waals surface area (Å²) in [6.45, 7) is 1.84. The number of halogens is 3. The van der Waals surface area contributed by atoms with Crippen LogP contribution in [0.5, 0.6) is 0 Å². The van der Waals surface area contributed by atoms with Crippen LogP contribution in [0.25, 0.3) is 5.65 Å². The minimum absolute atomic E-state index is 0.0575. The van der Waals surface area contributed by atoms with Gasteiger partial charge in [0.25, 0.3) is 0 Å². The van der Waals surface area contributed by atoms with Crippen LogP contribution in [0.15, 0.2) is 36.5 Å². The Balaban J connectivity index is 1.72. The summed E-state index contributed by atoms with van der Waals surface area (Å²) in [7, 11) is 0. The van der Waals surface area contributed by atoms with Gasteiger partial charge >= 0.3 is 0 Å². The largest absolute Gasteiger partial charge is 0.323 e. The summed E-state index contributed by atoms with van der Waals surface area (Å²) in [6, 6.07) is 7.33. The average Bonchev–Trinajstić information content (AvgIpc) is 2.89. The normalized spacial score (nSPS) is 11.0. The van der Waals surface area contributed by atoms with E-state index in [2.05, 4.69) is 10.3 Å². The van der Waals surface area contributed by atoms with Gasteiger partial charge in [-0.3, -0.25) is 4.79 Å². The number of amides is 1. The van der Waals surface area contributed by atoms with Gasteiger partial charge in [-0.2, -0.15) is 0 Å². The molecular weight excluding hydrogens is 319 g/mol. The van der Waals surface area contributed by atoms with Crippen LogP contribution in [-0.4, -0.2) is 15.3 Å². The molecule has 3 rings (SSSR count). The van der Waals surface area contributed by atoms with E-state index in [-0.39, 0.29) is 12.1 Å². The third-order valence-electron chi connectivity index (χ3n) is 3.73. The number of nitrogens with zero attached hydrogens (tertiary/aromatic N) is 2. The van der Waals surface area contributed by atoms with Crippen molar-refractivity contribution in [2.75, 3.05) is 5.32 Å². The van der Waals surface area contributed by atoms with Gasteiger partial charge in [0.15, 0.2) is 17.5 Å². The number of carbonyl (C=O) groups excluding carboxylic acids is 1. The summed E-state index contributed by atoms with van der Waals surface area (Å²) < 4.78 is 41.5. The fraction of sp³-hybridized carbons (Fsp3) is 0.176. The summed E-state index contributed by atoms with van der Waals surface area (Å²) in [5, 5.41) is 2.26. The van der Waals surface area contributed by atoms with Gasteiger partial charge in [-0.1, -0.05) is 6.07 Å². The molecule has 0 aliphatic carbocycles. The van der Waals surface area contributed by atoms with Crippen molar-refractivity contribution in [3.63, 3.8) is 0 Å². The number of carbonyl (C=O) groups is 1. The number of aryl methyl sites for hydroxylation is 2. The van der Waals surface area contributed by atoms with Crippen LogP contribution in [0.1, 0.15) is 17.8 Å². The van der Waals surface area contributed by atoms with Crippen molar-refractivity contribution in [2.24, 2.45) is 0 Å². The van der Waals surface area contributed by atoms with Gasteiger partial charge in [-0.25, -0.2) is 18.2 Å². The fourth-order valence-corrected chi connectivity index (χ4v) is 2.53. The van der Waals surface area contributed by atoms with Crippen LogP contribution in [0.4, 0.5) is 18.9 Å². The van der Waals surface area contributed by atoms with Gasteiger partial charge in [0.2, 0.25) is 5.91 Å². The van der Waals surface area contributed by atoms with Crippen molar-refractivity contribution >= 4 is 17.2 Å². The topological polar surface area (TPSA) is 46.4 Å². The van der Waals surface area contributed by atoms with Crippen LogP contribution < -0.4 is 5.32 Å². The third kappa shape index (κ3) is 2.97. The highest BCUT2D eigenvalue weighted by Gasteiger charge is 2.16. The molecular formula is C17H14F3N3O. The Morgan fingerprint density at radius 1 is 1.17 bits per heavy atom. The van der Waals surface area contributed by atoms with E-state index in [1.54, 1.807) is 0 Å². The van der Waals surface area contributed by atoms with E-state index in [9.17, 15) is 18.0 Å². The molecule has 0 saturated heterocycles. The maximum atomic E-state index is 13.6. The van der Waals surface area contributed by atoms with E-state index in [1.165, 1.54) is 0 Å². The lowest BCUT2D eigenvalue weighted by Crippen LogP contribution is -2.15. The molecule has 0 spiro atoms. The highest BCUT2D eigenvalue weighted by molar-refractivity contribution is 5.91. The molecule has 0 aliphatic rings. The van der Waals surface area contributed by atoms with Crippen molar-refractivity contribution in [3.05, 3.63) is 65.4 Å². The number of rotatable bonds is 4. The molecule has 124 valence electrons. The van der Waals surface area contributed by atoms with Gasteiger partial charge in [0.05, 0.1) is 11.4 Å². The Hall–Kier alpha value is -2.83. The van der Waals surface area contributed by atoms with Crippen molar-refractivity contribution < 1.29 is 18.0 Å². The minimum Gasteiger partial charge on any atom is -0.323 e. The molecule has 24 heavy (non-hydrogen) atoms. The van der Waals surface area contributed by atoms with Gasteiger partial charge in [-0.15, -0.1) is 0 Å². The number of hydrogen-bond donors (Lipinski definition) is 1. The Bertz CT molecular complexity index is 921. The number of fused-ring (bicyclic) bond motifs is 1.